The molecule has 0 aliphatic rings. The molecule has 0 bridgehead atoms. The Morgan fingerprint density at radius 1 is 1.25 bits per heavy atom. The van der Waals surface area contributed by atoms with Crippen LogP contribution in [0.5, 0.6) is 0 Å². The molecule has 20 heavy (non-hydrogen) atoms. The molecule has 0 unspecified atom stereocenters. The Morgan fingerprint density at radius 2 is 2.10 bits per heavy atom. The van der Waals surface area contributed by atoms with Crippen LogP contribution in [0.4, 0.5) is 5.82 Å². The van der Waals surface area contributed by atoms with Crippen LogP contribution < -0.4 is 5.32 Å². The number of nitrogens with zero attached hydrogens (tertiary/aromatic N) is 4. The third kappa shape index (κ3) is 2.11. The van der Waals surface area contributed by atoms with Crippen LogP contribution in [0, 0.1) is 13.8 Å². The molecular weight excluding hydrogens is 250 g/mol. The topological polar surface area (TPSA) is 55.6 Å². The van der Waals surface area contributed by atoms with Crippen LogP contribution >= 0.6 is 0 Å². The smallest absolute Gasteiger partial charge is 0.158 e. The standard InChI is InChI=1S/C15H17N5/c1-10-14-11(2)20(3)9-13(14)15(19-18-10)17-8-12-5-4-6-16-7-12/h4-7,9H,8H2,1-3H3,(H,17,19). The van der Waals surface area contributed by atoms with Crippen molar-refractivity contribution in [2.45, 2.75) is 20.4 Å². The van der Waals surface area contributed by atoms with Crippen molar-refractivity contribution in [3.05, 3.63) is 47.7 Å². The van der Waals surface area contributed by atoms with E-state index in [0.29, 0.717) is 6.54 Å². The van der Waals surface area contributed by atoms with E-state index in [9.17, 15) is 0 Å². The zero-order chi connectivity index (χ0) is 14.1. The molecule has 0 amide bonds. The Bertz CT molecular complexity index is 746. The molecule has 0 atom stereocenters. The van der Waals surface area contributed by atoms with Gasteiger partial charge >= 0.3 is 0 Å². The Morgan fingerprint density at radius 3 is 2.85 bits per heavy atom. The van der Waals surface area contributed by atoms with Crippen molar-refractivity contribution in [2.75, 3.05) is 5.32 Å². The van der Waals surface area contributed by atoms with E-state index in [1.807, 2.05) is 32.3 Å². The van der Waals surface area contributed by atoms with Crippen LogP contribution in [0.25, 0.3) is 10.8 Å². The second-order valence-electron chi connectivity index (χ2n) is 4.96. The van der Waals surface area contributed by atoms with Crippen LogP contribution in [-0.4, -0.2) is 19.7 Å². The fourth-order valence-corrected chi connectivity index (χ4v) is 2.41. The summed E-state index contributed by atoms with van der Waals surface area (Å²) in [4.78, 5) is 4.11. The van der Waals surface area contributed by atoms with Gasteiger partial charge in [-0.05, 0) is 25.5 Å². The molecule has 0 fully saturated rings. The zero-order valence-corrected chi connectivity index (χ0v) is 11.9. The second kappa shape index (κ2) is 4.92. The quantitative estimate of drug-likeness (QED) is 0.792. The van der Waals surface area contributed by atoms with Crippen LogP contribution in [0.1, 0.15) is 17.0 Å². The van der Waals surface area contributed by atoms with Gasteiger partial charge in [0, 0.05) is 48.6 Å². The third-order valence-electron chi connectivity index (χ3n) is 3.58. The molecule has 5 nitrogen and oxygen atoms in total. The first kappa shape index (κ1) is 12.6. The van der Waals surface area contributed by atoms with Crippen molar-refractivity contribution in [2.24, 2.45) is 7.05 Å². The lowest BCUT2D eigenvalue weighted by Gasteiger charge is -2.07. The van der Waals surface area contributed by atoms with Gasteiger partial charge in [-0.1, -0.05) is 6.07 Å². The predicted molar refractivity (Wildman–Crippen MR) is 79.5 cm³/mol. The van der Waals surface area contributed by atoms with Gasteiger partial charge in [-0.3, -0.25) is 4.98 Å². The maximum Gasteiger partial charge on any atom is 0.158 e. The second-order valence-corrected chi connectivity index (χ2v) is 4.96. The molecule has 0 aromatic carbocycles. The van der Waals surface area contributed by atoms with E-state index >= 15 is 0 Å². The van der Waals surface area contributed by atoms with Crippen molar-refractivity contribution < 1.29 is 0 Å². The molecule has 3 rings (SSSR count). The Labute approximate surface area is 117 Å². The minimum absolute atomic E-state index is 0.689. The first-order valence-corrected chi connectivity index (χ1v) is 6.58. The van der Waals surface area contributed by atoms with Gasteiger partial charge in [0.1, 0.15) is 0 Å². The molecular formula is C15H17N5. The van der Waals surface area contributed by atoms with Crippen molar-refractivity contribution in [3.63, 3.8) is 0 Å². The van der Waals surface area contributed by atoms with Gasteiger partial charge in [-0.2, -0.15) is 5.10 Å². The molecule has 5 heteroatoms. The Balaban J connectivity index is 1.96. The molecule has 1 N–H and O–H groups in total. The van der Waals surface area contributed by atoms with E-state index in [4.69, 9.17) is 0 Å². The predicted octanol–water partition coefficient (Wildman–Crippen LogP) is 2.59. The number of fused-ring (bicyclic) bond motifs is 1. The molecule has 0 saturated heterocycles. The highest BCUT2D eigenvalue weighted by Gasteiger charge is 2.12. The van der Waals surface area contributed by atoms with Crippen LogP contribution in [0.2, 0.25) is 0 Å². The molecule has 102 valence electrons. The van der Waals surface area contributed by atoms with Crippen LogP contribution in [-0.2, 0) is 13.6 Å². The summed E-state index contributed by atoms with van der Waals surface area (Å²) in [5.41, 5.74) is 3.29. The average Bonchev–Trinajstić information content (AvgIpc) is 2.76. The van der Waals surface area contributed by atoms with Crippen molar-refractivity contribution in [1.82, 2.24) is 19.7 Å². The number of aromatic nitrogens is 4. The molecule has 0 radical (unpaired) electrons. The van der Waals surface area contributed by atoms with Gasteiger partial charge in [0.05, 0.1) is 5.69 Å². The largest absolute Gasteiger partial charge is 0.364 e. The monoisotopic (exact) mass is 267 g/mol. The number of anilines is 1. The highest BCUT2D eigenvalue weighted by molar-refractivity contribution is 5.95. The van der Waals surface area contributed by atoms with E-state index in [1.165, 1.54) is 11.1 Å². The summed E-state index contributed by atoms with van der Waals surface area (Å²) >= 11 is 0. The van der Waals surface area contributed by atoms with E-state index in [2.05, 4.69) is 38.2 Å². The first-order chi connectivity index (χ1) is 9.66. The Kier molecular flexibility index (Phi) is 3.10. The van der Waals surface area contributed by atoms with Crippen molar-refractivity contribution >= 4 is 16.6 Å². The number of pyridine rings is 1. The van der Waals surface area contributed by atoms with Gasteiger partial charge in [-0.25, -0.2) is 0 Å². The van der Waals surface area contributed by atoms with Crippen LogP contribution in [0.15, 0.2) is 30.7 Å². The summed E-state index contributed by atoms with van der Waals surface area (Å²) in [6, 6.07) is 3.97. The summed E-state index contributed by atoms with van der Waals surface area (Å²) in [7, 11) is 2.04. The minimum atomic E-state index is 0.689. The maximum atomic E-state index is 4.28. The van der Waals surface area contributed by atoms with Crippen molar-refractivity contribution in [1.29, 1.82) is 0 Å². The highest BCUT2D eigenvalue weighted by Crippen LogP contribution is 2.27. The van der Waals surface area contributed by atoms with Gasteiger partial charge in [0.2, 0.25) is 0 Å². The first-order valence-electron chi connectivity index (χ1n) is 6.58. The van der Waals surface area contributed by atoms with E-state index in [-0.39, 0.29) is 0 Å². The van der Waals surface area contributed by atoms with Gasteiger partial charge in [-0.15, -0.1) is 5.10 Å². The summed E-state index contributed by atoms with van der Waals surface area (Å²) in [5.74, 6) is 0.818. The number of hydrogen-bond acceptors (Lipinski definition) is 4. The van der Waals surface area contributed by atoms with E-state index in [1.54, 1.807) is 6.20 Å². The molecule has 3 aromatic heterocycles. The number of nitrogens with one attached hydrogen (secondary N) is 1. The Hall–Kier alpha value is -2.43. The lowest BCUT2D eigenvalue weighted by Crippen LogP contribution is -2.03. The summed E-state index contributed by atoms with van der Waals surface area (Å²) < 4.78 is 2.11. The zero-order valence-electron chi connectivity index (χ0n) is 11.9. The molecule has 0 aliphatic carbocycles. The summed E-state index contributed by atoms with van der Waals surface area (Å²) in [5, 5.41) is 14.2. The number of aryl methyl sites for hydroxylation is 3. The molecule has 0 saturated carbocycles. The summed E-state index contributed by atoms with van der Waals surface area (Å²) in [6.07, 6.45) is 5.72. The van der Waals surface area contributed by atoms with E-state index in [0.717, 1.165) is 22.5 Å². The molecule has 0 spiro atoms. The third-order valence-corrected chi connectivity index (χ3v) is 3.58. The van der Waals surface area contributed by atoms with Gasteiger partial charge in [0.25, 0.3) is 0 Å². The molecule has 3 aromatic rings. The van der Waals surface area contributed by atoms with E-state index < -0.39 is 0 Å². The molecule has 0 aliphatic heterocycles. The maximum absolute atomic E-state index is 4.28. The highest BCUT2D eigenvalue weighted by atomic mass is 15.2. The minimum Gasteiger partial charge on any atom is -0.364 e. The number of rotatable bonds is 3. The average molecular weight is 267 g/mol. The summed E-state index contributed by atoms with van der Waals surface area (Å²) in [6.45, 7) is 4.78. The SMILES string of the molecule is Cc1nnc(NCc2cccnc2)c2cn(C)c(C)c12. The van der Waals surface area contributed by atoms with Crippen molar-refractivity contribution in [3.8, 4) is 0 Å². The number of hydrogen-bond donors (Lipinski definition) is 1. The lowest BCUT2D eigenvalue weighted by molar-refractivity contribution is 0.888. The lowest BCUT2D eigenvalue weighted by atomic mass is 10.2. The van der Waals surface area contributed by atoms with Gasteiger partial charge in [0.15, 0.2) is 5.82 Å². The molecule has 3 heterocycles. The fraction of sp³-hybridized carbons (Fsp3) is 0.267. The fourth-order valence-electron chi connectivity index (χ4n) is 2.41. The van der Waals surface area contributed by atoms with Gasteiger partial charge < -0.3 is 9.88 Å². The normalized spacial score (nSPS) is 10.9. The van der Waals surface area contributed by atoms with Crippen LogP contribution in [0.3, 0.4) is 0 Å².